The summed E-state index contributed by atoms with van der Waals surface area (Å²) in [6, 6.07) is -0.202. The highest BCUT2D eigenvalue weighted by molar-refractivity contribution is 5.89. The Morgan fingerprint density at radius 3 is 2.20 bits per heavy atom. The highest BCUT2D eigenvalue weighted by Gasteiger charge is 2.45. The Kier molecular flexibility index (Phi) is 6.38. The van der Waals surface area contributed by atoms with Gasteiger partial charge in [0.25, 0.3) is 0 Å². The maximum atomic E-state index is 13.5. The van der Waals surface area contributed by atoms with Gasteiger partial charge in [0.1, 0.15) is 0 Å². The lowest BCUT2D eigenvalue weighted by Crippen LogP contribution is -2.45. The van der Waals surface area contributed by atoms with Crippen molar-refractivity contribution in [3.05, 3.63) is 0 Å². The van der Waals surface area contributed by atoms with E-state index in [1.807, 2.05) is 4.90 Å². The van der Waals surface area contributed by atoms with Gasteiger partial charge >= 0.3 is 0 Å². The number of unbranched alkanes of at least 4 members (excludes halogenated alkanes) is 1. The first kappa shape index (κ1) is 20.5. The van der Waals surface area contributed by atoms with Crippen LogP contribution in [-0.4, -0.2) is 29.2 Å². The Bertz CT molecular complexity index is 484. The molecule has 0 N–H and O–H groups in total. The van der Waals surface area contributed by atoms with Gasteiger partial charge in [-0.3, -0.25) is 9.59 Å². The largest absolute Gasteiger partial charge is 0.332 e. The van der Waals surface area contributed by atoms with Crippen LogP contribution in [0.2, 0.25) is 0 Å². The second kappa shape index (κ2) is 7.80. The fourth-order valence-electron chi connectivity index (χ4n) is 4.89. The molecule has 1 amide bonds. The van der Waals surface area contributed by atoms with E-state index in [1.54, 1.807) is 6.92 Å². The smallest absolute Gasteiger partial charge is 0.226 e. The Morgan fingerprint density at radius 2 is 1.68 bits per heavy atom. The molecule has 3 heteroatoms. The van der Waals surface area contributed by atoms with Crippen LogP contribution >= 0.6 is 0 Å². The average Bonchev–Trinajstić information content (AvgIpc) is 2.85. The summed E-state index contributed by atoms with van der Waals surface area (Å²) in [5.41, 5.74) is 0.474. The van der Waals surface area contributed by atoms with E-state index in [2.05, 4.69) is 34.6 Å². The van der Waals surface area contributed by atoms with Crippen LogP contribution in [-0.2, 0) is 9.59 Å². The van der Waals surface area contributed by atoms with Gasteiger partial charge in [-0.25, -0.2) is 0 Å². The second-order valence-electron chi connectivity index (χ2n) is 10.2. The predicted octanol–water partition coefficient (Wildman–Crippen LogP) is 5.23. The fourth-order valence-corrected chi connectivity index (χ4v) is 4.89. The summed E-state index contributed by atoms with van der Waals surface area (Å²) in [5.74, 6) is 1.04. The number of hydrogen-bond acceptors (Lipinski definition) is 2. The zero-order chi connectivity index (χ0) is 18.8. The summed E-state index contributed by atoms with van der Waals surface area (Å²) in [6.07, 6.45) is 8.80. The molecule has 2 fully saturated rings. The second-order valence-corrected chi connectivity index (χ2v) is 10.2. The molecule has 25 heavy (non-hydrogen) atoms. The van der Waals surface area contributed by atoms with E-state index in [-0.39, 0.29) is 29.1 Å². The quantitative estimate of drug-likeness (QED) is 0.659. The molecule has 0 aromatic rings. The van der Waals surface area contributed by atoms with Crippen molar-refractivity contribution >= 4 is 11.7 Å². The average molecular weight is 350 g/mol. The third-order valence-corrected chi connectivity index (χ3v) is 6.61. The number of likely N-dealkylation sites (tertiary alicyclic amines) is 1. The number of carbonyl (C=O) groups excluding carboxylic acids is 2. The minimum atomic E-state index is -0.202. The monoisotopic (exact) mass is 349 g/mol. The fraction of sp³-hybridized carbons (Fsp3) is 0.909. The number of nitrogens with zero attached hydrogens (tertiary/aromatic N) is 1. The van der Waals surface area contributed by atoms with Gasteiger partial charge < -0.3 is 4.90 Å². The van der Waals surface area contributed by atoms with Gasteiger partial charge in [-0.2, -0.15) is 0 Å². The third kappa shape index (κ3) is 5.08. The molecule has 1 saturated heterocycles. The molecule has 2 aliphatic rings. The molecular weight excluding hydrogens is 310 g/mol. The third-order valence-electron chi connectivity index (χ3n) is 6.61. The van der Waals surface area contributed by atoms with Crippen LogP contribution < -0.4 is 0 Å². The maximum Gasteiger partial charge on any atom is 0.226 e. The summed E-state index contributed by atoms with van der Waals surface area (Å²) in [6.45, 7) is 13.6. The number of ketones is 1. The van der Waals surface area contributed by atoms with Gasteiger partial charge in [-0.1, -0.05) is 47.5 Å². The molecule has 1 aliphatic carbocycles. The van der Waals surface area contributed by atoms with Gasteiger partial charge in [-0.05, 0) is 62.2 Å². The molecule has 1 aliphatic heterocycles. The molecular formula is C22H39NO2. The van der Waals surface area contributed by atoms with Crippen molar-refractivity contribution in [3.8, 4) is 0 Å². The highest BCUT2D eigenvalue weighted by atomic mass is 16.2. The van der Waals surface area contributed by atoms with Crippen LogP contribution in [0.4, 0.5) is 0 Å². The Balaban J connectivity index is 2.16. The molecule has 3 nitrogen and oxygen atoms in total. The molecule has 1 saturated carbocycles. The van der Waals surface area contributed by atoms with Crippen LogP contribution in [0.25, 0.3) is 0 Å². The molecule has 2 unspecified atom stereocenters. The van der Waals surface area contributed by atoms with Crippen molar-refractivity contribution in [2.24, 2.45) is 22.7 Å². The van der Waals surface area contributed by atoms with E-state index in [1.165, 1.54) is 12.8 Å². The normalized spacial score (nSPS) is 27.3. The Hall–Kier alpha value is -0.860. The van der Waals surface area contributed by atoms with Crippen LogP contribution in [0.15, 0.2) is 0 Å². The van der Waals surface area contributed by atoms with Gasteiger partial charge in [0.05, 0.1) is 6.04 Å². The van der Waals surface area contributed by atoms with E-state index >= 15 is 0 Å². The Labute approximate surface area is 154 Å². The SMILES string of the molecule is CCCCC(C(=O)N1CC(C)(C)CC1C(C)=O)C1CCC(C)(C)CC1. The van der Waals surface area contributed by atoms with E-state index in [0.717, 1.165) is 45.1 Å². The number of carbonyl (C=O) groups is 2. The van der Waals surface area contributed by atoms with Crippen molar-refractivity contribution in [3.63, 3.8) is 0 Å². The van der Waals surface area contributed by atoms with E-state index in [4.69, 9.17) is 0 Å². The number of rotatable bonds is 6. The topological polar surface area (TPSA) is 37.4 Å². The van der Waals surface area contributed by atoms with Crippen LogP contribution in [0.1, 0.15) is 92.9 Å². The molecule has 0 spiro atoms. The molecule has 0 bridgehead atoms. The highest BCUT2D eigenvalue weighted by Crippen LogP contribution is 2.44. The minimum Gasteiger partial charge on any atom is -0.332 e. The van der Waals surface area contributed by atoms with Gasteiger partial charge in [-0.15, -0.1) is 0 Å². The summed E-state index contributed by atoms with van der Waals surface area (Å²) in [5, 5.41) is 0. The number of amides is 1. The molecule has 0 aromatic carbocycles. The van der Waals surface area contributed by atoms with Gasteiger partial charge in [0.15, 0.2) is 5.78 Å². The van der Waals surface area contributed by atoms with Crippen molar-refractivity contribution < 1.29 is 9.59 Å². The van der Waals surface area contributed by atoms with Crippen LogP contribution in [0, 0.1) is 22.7 Å². The zero-order valence-corrected chi connectivity index (χ0v) is 17.4. The summed E-state index contributed by atoms with van der Waals surface area (Å²) in [4.78, 5) is 27.6. The van der Waals surface area contributed by atoms with Crippen molar-refractivity contribution in [1.82, 2.24) is 4.90 Å². The predicted molar refractivity (Wildman–Crippen MR) is 103 cm³/mol. The van der Waals surface area contributed by atoms with E-state index in [9.17, 15) is 9.59 Å². The lowest BCUT2D eigenvalue weighted by atomic mass is 9.68. The van der Waals surface area contributed by atoms with Crippen LogP contribution in [0.5, 0.6) is 0 Å². The molecule has 144 valence electrons. The standard InChI is InChI=1S/C22H39NO2/c1-7-8-9-18(17-10-12-21(3,4)13-11-17)20(25)23-15-22(5,6)14-19(23)16(2)24/h17-19H,7-15H2,1-6H3. The molecule has 2 atom stereocenters. The number of Topliss-reactive ketones (excluding diaryl/α,β-unsaturated/α-hetero) is 1. The zero-order valence-electron chi connectivity index (χ0n) is 17.4. The first-order valence-corrected chi connectivity index (χ1v) is 10.4. The molecule has 1 heterocycles. The first-order valence-electron chi connectivity index (χ1n) is 10.4. The van der Waals surface area contributed by atoms with Crippen molar-refractivity contribution in [2.75, 3.05) is 6.54 Å². The molecule has 0 aromatic heterocycles. The summed E-state index contributed by atoms with van der Waals surface area (Å²) in [7, 11) is 0. The number of hydrogen-bond donors (Lipinski definition) is 0. The van der Waals surface area contributed by atoms with Gasteiger partial charge in [0.2, 0.25) is 5.91 Å². The summed E-state index contributed by atoms with van der Waals surface area (Å²) < 4.78 is 0. The van der Waals surface area contributed by atoms with E-state index in [0.29, 0.717) is 11.3 Å². The maximum absolute atomic E-state index is 13.5. The lowest BCUT2D eigenvalue weighted by molar-refractivity contribution is -0.143. The van der Waals surface area contributed by atoms with Crippen LogP contribution in [0.3, 0.4) is 0 Å². The van der Waals surface area contributed by atoms with E-state index < -0.39 is 0 Å². The van der Waals surface area contributed by atoms with Crippen molar-refractivity contribution in [1.29, 1.82) is 0 Å². The summed E-state index contributed by atoms with van der Waals surface area (Å²) >= 11 is 0. The molecule has 0 radical (unpaired) electrons. The first-order chi connectivity index (χ1) is 11.6. The van der Waals surface area contributed by atoms with Gasteiger partial charge in [0, 0.05) is 12.5 Å². The lowest BCUT2D eigenvalue weighted by Gasteiger charge is -2.39. The van der Waals surface area contributed by atoms with Crippen molar-refractivity contribution in [2.45, 2.75) is 99.0 Å². The minimum absolute atomic E-state index is 0.0514. The molecule has 2 rings (SSSR count). The Morgan fingerprint density at radius 1 is 1.08 bits per heavy atom.